The van der Waals surface area contributed by atoms with E-state index in [1.807, 2.05) is 114 Å². The SMILES string of the molecule is O=C1N(Cc2ccccc2)c2ccccc2[C@@]12c1ccc(N(Cc3ccccc3)Cc3ccccc3)cc1OC[C@]2(O)c1ccccc1. The molecule has 1 N–H and O–H groups in total. The molecule has 1 amide bonds. The molecule has 0 saturated heterocycles. The van der Waals surface area contributed by atoms with Gasteiger partial charge in [0.15, 0.2) is 0 Å². The van der Waals surface area contributed by atoms with Gasteiger partial charge in [0.1, 0.15) is 23.4 Å². The van der Waals surface area contributed by atoms with E-state index in [1.54, 1.807) is 0 Å². The third-order valence-electron chi connectivity index (χ3n) is 9.82. The van der Waals surface area contributed by atoms with E-state index < -0.39 is 11.0 Å². The van der Waals surface area contributed by atoms with E-state index in [0.717, 1.165) is 22.5 Å². The quantitative estimate of drug-likeness (QED) is 0.186. The van der Waals surface area contributed by atoms with Crippen molar-refractivity contribution >= 4 is 17.3 Å². The van der Waals surface area contributed by atoms with E-state index in [2.05, 4.69) is 59.5 Å². The van der Waals surface area contributed by atoms with Gasteiger partial charge in [-0.05, 0) is 39.9 Å². The zero-order valence-corrected chi connectivity index (χ0v) is 26.6. The lowest BCUT2D eigenvalue weighted by Crippen LogP contribution is -2.61. The minimum Gasteiger partial charge on any atom is -0.490 e. The number of aliphatic hydroxyl groups is 1. The summed E-state index contributed by atoms with van der Waals surface area (Å²) in [7, 11) is 0. The van der Waals surface area contributed by atoms with Gasteiger partial charge in [0.05, 0.1) is 6.54 Å². The molecule has 2 aliphatic heterocycles. The number of carbonyl (C=O) groups is 1. The topological polar surface area (TPSA) is 53.0 Å². The van der Waals surface area contributed by atoms with Crippen LogP contribution in [-0.2, 0) is 35.4 Å². The highest BCUT2D eigenvalue weighted by Crippen LogP contribution is 2.60. The number of hydrogen-bond donors (Lipinski definition) is 1. The molecule has 5 nitrogen and oxygen atoms in total. The lowest BCUT2D eigenvalue weighted by molar-refractivity contribution is -0.139. The van der Waals surface area contributed by atoms with Crippen LogP contribution >= 0.6 is 0 Å². The number of para-hydroxylation sites is 1. The number of carbonyl (C=O) groups excluding carboxylic acids is 1. The maximum Gasteiger partial charge on any atom is 0.246 e. The van der Waals surface area contributed by atoms with Crippen molar-refractivity contribution in [2.45, 2.75) is 30.7 Å². The zero-order chi connectivity index (χ0) is 32.6. The summed E-state index contributed by atoms with van der Waals surface area (Å²) in [5, 5.41) is 13.0. The van der Waals surface area contributed by atoms with Gasteiger partial charge < -0.3 is 19.6 Å². The Morgan fingerprint density at radius 3 is 1.79 bits per heavy atom. The Kier molecular flexibility index (Phi) is 7.54. The lowest BCUT2D eigenvalue weighted by atomic mass is 9.60. The van der Waals surface area contributed by atoms with E-state index in [0.29, 0.717) is 36.5 Å². The number of rotatable bonds is 8. The van der Waals surface area contributed by atoms with Crippen LogP contribution in [0.4, 0.5) is 11.4 Å². The molecule has 2 heterocycles. The Bertz CT molecular complexity index is 2010. The first-order chi connectivity index (χ1) is 23.6. The van der Waals surface area contributed by atoms with Crippen molar-refractivity contribution in [1.82, 2.24) is 0 Å². The third kappa shape index (κ3) is 4.86. The molecule has 6 aromatic carbocycles. The molecule has 0 radical (unpaired) electrons. The summed E-state index contributed by atoms with van der Waals surface area (Å²) in [6.45, 7) is 1.70. The fourth-order valence-corrected chi connectivity index (χ4v) is 7.55. The highest BCUT2D eigenvalue weighted by molar-refractivity contribution is 6.12. The summed E-state index contributed by atoms with van der Waals surface area (Å²) in [5.74, 6) is 0.436. The molecular weight excluding hydrogens is 592 g/mol. The Labute approximate surface area is 281 Å². The first-order valence-electron chi connectivity index (χ1n) is 16.4. The second kappa shape index (κ2) is 12.2. The van der Waals surface area contributed by atoms with E-state index >= 15 is 4.79 Å². The number of fused-ring (bicyclic) bond motifs is 4. The van der Waals surface area contributed by atoms with Gasteiger partial charge in [-0.15, -0.1) is 0 Å². The van der Waals surface area contributed by atoms with E-state index in [4.69, 9.17) is 4.74 Å². The second-order valence-corrected chi connectivity index (χ2v) is 12.7. The molecule has 0 saturated carbocycles. The summed E-state index contributed by atoms with van der Waals surface area (Å²) in [4.78, 5) is 19.5. The summed E-state index contributed by atoms with van der Waals surface area (Å²) >= 11 is 0. The van der Waals surface area contributed by atoms with Crippen molar-refractivity contribution in [3.63, 3.8) is 0 Å². The highest BCUT2D eigenvalue weighted by atomic mass is 16.5. The van der Waals surface area contributed by atoms with E-state index in [-0.39, 0.29) is 12.5 Å². The number of ether oxygens (including phenoxy) is 1. The predicted octanol–water partition coefficient (Wildman–Crippen LogP) is 8.01. The van der Waals surface area contributed by atoms with Gasteiger partial charge in [-0.3, -0.25) is 4.79 Å². The van der Waals surface area contributed by atoms with Crippen LogP contribution in [0.15, 0.2) is 164 Å². The first kappa shape index (κ1) is 29.7. The van der Waals surface area contributed by atoms with Gasteiger partial charge in [-0.25, -0.2) is 0 Å². The smallest absolute Gasteiger partial charge is 0.246 e. The third-order valence-corrected chi connectivity index (χ3v) is 9.82. The zero-order valence-electron chi connectivity index (χ0n) is 26.6. The Morgan fingerprint density at radius 1 is 0.625 bits per heavy atom. The molecule has 8 rings (SSSR count). The van der Waals surface area contributed by atoms with Crippen LogP contribution in [0, 0.1) is 0 Å². The van der Waals surface area contributed by atoms with E-state index in [9.17, 15) is 5.11 Å². The molecule has 5 heteroatoms. The number of benzene rings is 6. The first-order valence-corrected chi connectivity index (χ1v) is 16.4. The molecule has 0 aliphatic carbocycles. The van der Waals surface area contributed by atoms with Gasteiger partial charge in [-0.2, -0.15) is 0 Å². The van der Waals surface area contributed by atoms with Crippen molar-refractivity contribution in [2.24, 2.45) is 0 Å². The van der Waals surface area contributed by atoms with Crippen LogP contribution < -0.4 is 14.5 Å². The maximum absolute atomic E-state index is 15.3. The van der Waals surface area contributed by atoms with Gasteiger partial charge >= 0.3 is 0 Å². The van der Waals surface area contributed by atoms with Crippen LogP contribution in [-0.4, -0.2) is 17.6 Å². The van der Waals surface area contributed by atoms with Gasteiger partial charge in [0, 0.05) is 36.1 Å². The second-order valence-electron chi connectivity index (χ2n) is 12.7. The lowest BCUT2D eigenvalue weighted by Gasteiger charge is -2.48. The Morgan fingerprint density at radius 2 is 1.17 bits per heavy atom. The van der Waals surface area contributed by atoms with Crippen LogP contribution in [0.3, 0.4) is 0 Å². The Hall–Kier alpha value is -5.65. The molecule has 6 aromatic rings. The van der Waals surface area contributed by atoms with Crippen LogP contribution in [0.25, 0.3) is 0 Å². The maximum atomic E-state index is 15.3. The van der Waals surface area contributed by atoms with Crippen molar-refractivity contribution < 1.29 is 14.6 Å². The van der Waals surface area contributed by atoms with Gasteiger partial charge in [-0.1, -0.05) is 146 Å². The fraction of sp³-hybridized carbons (Fsp3) is 0.140. The molecule has 1 spiro atoms. The standard InChI is InChI=1S/C43H36N2O3/c46-41-43(37-23-13-14-24-39(37)45(41)30-34-19-9-3-10-20-34)38-26-25-36(27-40(38)48-31-42(43,47)35-21-11-4-12-22-35)44(28-32-15-5-1-6-16-32)29-33-17-7-2-8-18-33/h1-27,47H,28-31H2/t42-,43+/m0/s1. The molecule has 0 fully saturated rings. The van der Waals surface area contributed by atoms with Crippen LogP contribution in [0.5, 0.6) is 5.75 Å². The van der Waals surface area contributed by atoms with E-state index in [1.165, 1.54) is 11.1 Å². The monoisotopic (exact) mass is 628 g/mol. The summed E-state index contributed by atoms with van der Waals surface area (Å²) in [5.41, 5.74) is 4.15. The van der Waals surface area contributed by atoms with Crippen molar-refractivity contribution in [1.29, 1.82) is 0 Å². The molecule has 2 aliphatic rings. The normalized spacial score (nSPS) is 19.4. The van der Waals surface area contributed by atoms with Gasteiger partial charge in [0.2, 0.25) is 5.91 Å². The van der Waals surface area contributed by atoms with Gasteiger partial charge in [0.25, 0.3) is 0 Å². The molecule has 48 heavy (non-hydrogen) atoms. The van der Waals surface area contributed by atoms with Crippen LogP contribution in [0.1, 0.15) is 33.4 Å². The average molecular weight is 629 g/mol. The van der Waals surface area contributed by atoms with Crippen LogP contribution in [0.2, 0.25) is 0 Å². The summed E-state index contributed by atoms with van der Waals surface area (Å²) < 4.78 is 6.54. The summed E-state index contributed by atoms with van der Waals surface area (Å²) in [6.07, 6.45) is 0. The molecule has 236 valence electrons. The molecule has 0 unspecified atom stereocenters. The Balaban J connectivity index is 1.30. The number of amides is 1. The number of anilines is 2. The van der Waals surface area contributed by atoms with Crippen molar-refractivity contribution in [2.75, 3.05) is 16.4 Å². The summed E-state index contributed by atoms with van der Waals surface area (Å²) in [6, 6.07) is 54.4. The minimum atomic E-state index is -1.67. The number of nitrogens with zero attached hydrogens (tertiary/aromatic N) is 2. The highest BCUT2D eigenvalue weighted by Gasteiger charge is 2.67. The number of hydrogen-bond acceptors (Lipinski definition) is 4. The largest absolute Gasteiger partial charge is 0.490 e. The van der Waals surface area contributed by atoms with Crippen molar-refractivity contribution in [3.05, 3.63) is 197 Å². The fourth-order valence-electron chi connectivity index (χ4n) is 7.55. The van der Waals surface area contributed by atoms with Crippen molar-refractivity contribution in [3.8, 4) is 5.75 Å². The minimum absolute atomic E-state index is 0.0793. The predicted molar refractivity (Wildman–Crippen MR) is 190 cm³/mol. The molecule has 2 atom stereocenters. The molecular formula is C43H36N2O3. The average Bonchev–Trinajstić information content (AvgIpc) is 3.39. The molecule has 0 bridgehead atoms. The molecule has 0 aromatic heterocycles.